The van der Waals surface area contributed by atoms with E-state index in [-0.39, 0.29) is 5.91 Å². The van der Waals surface area contributed by atoms with E-state index in [9.17, 15) is 4.79 Å². The molecule has 0 aliphatic carbocycles. The minimum atomic E-state index is -0.238. The number of carbonyl (C=O) groups is 1. The number of para-hydroxylation sites is 1. The highest BCUT2D eigenvalue weighted by molar-refractivity contribution is 7.80. The number of amides is 1. The standard InChI is InChI=1S/C20H24N2O3S/c1-2-3-13-21-20(26)22-19(23)16-9-11-18(12-10-16)25-15-14-24-17-7-5-4-6-8-17/h4-12H,2-3,13-15H2,1H3,(H2,21,22,23,26). The van der Waals surface area contributed by atoms with Gasteiger partial charge in [-0.3, -0.25) is 10.1 Å². The number of hydrogen-bond acceptors (Lipinski definition) is 4. The van der Waals surface area contributed by atoms with Crippen molar-refractivity contribution in [1.29, 1.82) is 0 Å². The smallest absolute Gasteiger partial charge is 0.257 e. The lowest BCUT2D eigenvalue weighted by Gasteiger charge is -2.10. The van der Waals surface area contributed by atoms with Crippen molar-refractivity contribution in [1.82, 2.24) is 10.6 Å². The molecule has 0 unspecified atom stereocenters. The Morgan fingerprint density at radius 3 is 2.19 bits per heavy atom. The molecule has 138 valence electrons. The van der Waals surface area contributed by atoms with Crippen molar-refractivity contribution in [2.45, 2.75) is 19.8 Å². The van der Waals surface area contributed by atoms with Gasteiger partial charge in [0.2, 0.25) is 0 Å². The number of rotatable bonds is 9. The second-order valence-corrected chi connectivity index (χ2v) is 6.01. The second kappa shape index (κ2) is 11.1. The fraction of sp³-hybridized carbons (Fsp3) is 0.300. The molecule has 0 radical (unpaired) electrons. The maximum atomic E-state index is 12.1. The number of benzene rings is 2. The molecule has 0 saturated carbocycles. The lowest BCUT2D eigenvalue weighted by molar-refractivity contribution is 0.0976. The third-order valence-electron chi connectivity index (χ3n) is 3.52. The summed E-state index contributed by atoms with van der Waals surface area (Å²) in [6, 6.07) is 16.5. The quantitative estimate of drug-likeness (QED) is 0.521. The van der Waals surface area contributed by atoms with E-state index in [1.165, 1.54) is 0 Å². The molecule has 0 aliphatic heterocycles. The van der Waals surface area contributed by atoms with Crippen LogP contribution < -0.4 is 20.1 Å². The fourth-order valence-corrected chi connectivity index (χ4v) is 2.33. The highest BCUT2D eigenvalue weighted by Crippen LogP contribution is 2.13. The number of hydrogen-bond donors (Lipinski definition) is 2. The summed E-state index contributed by atoms with van der Waals surface area (Å²) in [7, 11) is 0. The van der Waals surface area contributed by atoms with E-state index in [2.05, 4.69) is 17.6 Å². The molecule has 2 N–H and O–H groups in total. The Hall–Kier alpha value is -2.60. The highest BCUT2D eigenvalue weighted by Gasteiger charge is 2.07. The SMILES string of the molecule is CCCCNC(=S)NC(=O)c1ccc(OCCOc2ccccc2)cc1. The lowest BCUT2D eigenvalue weighted by atomic mass is 10.2. The van der Waals surface area contributed by atoms with Gasteiger partial charge in [0.1, 0.15) is 24.7 Å². The van der Waals surface area contributed by atoms with Crippen LogP contribution in [0, 0.1) is 0 Å². The Morgan fingerprint density at radius 2 is 1.58 bits per heavy atom. The Morgan fingerprint density at radius 1 is 0.962 bits per heavy atom. The largest absolute Gasteiger partial charge is 0.490 e. The van der Waals surface area contributed by atoms with Gasteiger partial charge in [-0.25, -0.2) is 0 Å². The summed E-state index contributed by atoms with van der Waals surface area (Å²) in [4.78, 5) is 12.1. The topological polar surface area (TPSA) is 59.6 Å². The van der Waals surface area contributed by atoms with Crippen molar-refractivity contribution in [3.05, 3.63) is 60.2 Å². The predicted molar refractivity (Wildman–Crippen MR) is 107 cm³/mol. The van der Waals surface area contributed by atoms with E-state index in [1.54, 1.807) is 24.3 Å². The van der Waals surface area contributed by atoms with Crippen molar-refractivity contribution in [3.63, 3.8) is 0 Å². The molecule has 0 fully saturated rings. The molecule has 0 heterocycles. The van der Waals surface area contributed by atoms with Crippen molar-refractivity contribution in [3.8, 4) is 11.5 Å². The summed E-state index contributed by atoms with van der Waals surface area (Å²) in [6.45, 7) is 3.73. The molecule has 0 saturated heterocycles. The number of unbranched alkanes of at least 4 members (excludes halogenated alkanes) is 1. The van der Waals surface area contributed by atoms with Crippen LogP contribution in [0.4, 0.5) is 0 Å². The summed E-state index contributed by atoms with van der Waals surface area (Å²) >= 11 is 5.10. The van der Waals surface area contributed by atoms with Crippen LogP contribution in [0.2, 0.25) is 0 Å². The summed E-state index contributed by atoms with van der Waals surface area (Å²) in [5.41, 5.74) is 0.525. The van der Waals surface area contributed by atoms with Crippen molar-refractivity contribution in [2.24, 2.45) is 0 Å². The molecule has 0 bridgehead atoms. The van der Waals surface area contributed by atoms with Gasteiger partial charge in [-0.2, -0.15) is 0 Å². The zero-order valence-corrected chi connectivity index (χ0v) is 15.7. The van der Waals surface area contributed by atoms with Crippen LogP contribution in [0.5, 0.6) is 11.5 Å². The molecule has 1 amide bonds. The molecule has 5 nitrogen and oxygen atoms in total. The number of ether oxygens (including phenoxy) is 2. The Bertz CT molecular complexity index is 690. The van der Waals surface area contributed by atoms with Gasteiger partial charge in [0.25, 0.3) is 5.91 Å². The van der Waals surface area contributed by atoms with Crippen molar-refractivity contribution >= 4 is 23.2 Å². The van der Waals surface area contributed by atoms with Crippen molar-refractivity contribution in [2.75, 3.05) is 19.8 Å². The molecule has 2 rings (SSSR count). The summed E-state index contributed by atoms with van der Waals surface area (Å²) < 4.78 is 11.2. The monoisotopic (exact) mass is 372 g/mol. The molecule has 2 aromatic carbocycles. The van der Waals surface area contributed by atoms with Gasteiger partial charge < -0.3 is 14.8 Å². The predicted octanol–water partition coefficient (Wildman–Crippen LogP) is 3.55. The molecule has 2 aromatic rings. The first kappa shape index (κ1) is 19.7. The van der Waals surface area contributed by atoms with Gasteiger partial charge >= 0.3 is 0 Å². The first-order chi connectivity index (χ1) is 12.7. The van der Waals surface area contributed by atoms with E-state index in [1.807, 2.05) is 30.3 Å². The zero-order chi connectivity index (χ0) is 18.6. The zero-order valence-electron chi connectivity index (χ0n) is 14.9. The van der Waals surface area contributed by atoms with Gasteiger partial charge in [0, 0.05) is 12.1 Å². The van der Waals surface area contributed by atoms with Gasteiger partial charge in [-0.05, 0) is 55.0 Å². The Balaban J connectivity index is 1.71. The van der Waals surface area contributed by atoms with Gasteiger partial charge in [-0.15, -0.1) is 0 Å². The molecule has 0 atom stereocenters. The average Bonchev–Trinajstić information content (AvgIpc) is 2.67. The summed E-state index contributed by atoms with van der Waals surface area (Å²) in [5, 5.41) is 6.02. The maximum Gasteiger partial charge on any atom is 0.257 e. The minimum Gasteiger partial charge on any atom is -0.490 e. The van der Waals surface area contributed by atoms with E-state index in [0.717, 1.165) is 25.1 Å². The van der Waals surface area contributed by atoms with Crippen LogP contribution >= 0.6 is 12.2 Å². The molecule has 26 heavy (non-hydrogen) atoms. The first-order valence-corrected chi connectivity index (χ1v) is 9.09. The number of carbonyl (C=O) groups excluding carboxylic acids is 1. The Kier molecular flexibility index (Phi) is 8.42. The molecule has 0 aliphatic rings. The Labute approximate surface area is 159 Å². The van der Waals surface area contributed by atoms with Gasteiger partial charge in [0.15, 0.2) is 5.11 Å². The third kappa shape index (κ3) is 7.11. The van der Waals surface area contributed by atoms with E-state index >= 15 is 0 Å². The molecular formula is C20H24N2O3S. The van der Waals surface area contributed by atoms with Gasteiger partial charge in [-0.1, -0.05) is 31.5 Å². The van der Waals surface area contributed by atoms with E-state index < -0.39 is 0 Å². The van der Waals surface area contributed by atoms with Crippen LogP contribution in [-0.2, 0) is 0 Å². The second-order valence-electron chi connectivity index (χ2n) is 5.60. The number of nitrogens with one attached hydrogen (secondary N) is 2. The number of thiocarbonyl (C=S) groups is 1. The van der Waals surface area contributed by atoms with Crippen LogP contribution in [0.25, 0.3) is 0 Å². The first-order valence-electron chi connectivity index (χ1n) is 8.69. The maximum absolute atomic E-state index is 12.1. The van der Waals surface area contributed by atoms with Crippen LogP contribution in [-0.4, -0.2) is 30.8 Å². The average molecular weight is 372 g/mol. The van der Waals surface area contributed by atoms with Crippen LogP contribution in [0.3, 0.4) is 0 Å². The van der Waals surface area contributed by atoms with Gasteiger partial charge in [0.05, 0.1) is 0 Å². The third-order valence-corrected chi connectivity index (χ3v) is 3.77. The van der Waals surface area contributed by atoms with E-state index in [0.29, 0.717) is 29.6 Å². The molecule has 6 heteroatoms. The van der Waals surface area contributed by atoms with E-state index in [4.69, 9.17) is 21.7 Å². The summed E-state index contributed by atoms with van der Waals surface area (Å²) in [5.74, 6) is 1.26. The molecule has 0 spiro atoms. The fourth-order valence-electron chi connectivity index (χ4n) is 2.14. The highest BCUT2D eigenvalue weighted by atomic mass is 32.1. The van der Waals surface area contributed by atoms with Crippen molar-refractivity contribution < 1.29 is 14.3 Å². The lowest BCUT2D eigenvalue weighted by Crippen LogP contribution is -2.39. The molecular weight excluding hydrogens is 348 g/mol. The minimum absolute atomic E-state index is 0.238. The van der Waals surface area contributed by atoms with Crippen LogP contribution in [0.1, 0.15) is 30.1 Å². The molecule has 0 aromatic heterocycles. The summed E-state index contributed by atoms with van der Waals surface area (Å²) in [6.07, 6.45) is 2.08. The normalized spacial score (nSPS) is 10.0. The van der Waals surface area contributed by atoms with Crippen LogP contribution in [0.15, 0.2) is 54.6 Å².